The van der Waals surface area contributed by atoms with E-state index in [1.807, 2.05) is 0 Å². The van der Waals surface area contributed by atoms with Crippen molar-refractivity contribution in [1.29, 1.82) is 0 Å². The van der Waals surface area contributed by atoms with Crippen LogP contribution in [0.25, 0.3) is 43.8 Å². The van der Waals surface area contributed by atoms with Crippen LogP contribution >= 0.6 is 11.6 Å². The molecule has 0 radical (unpaired) electrons. The van der Waals surface area contributed by atoms with Gasteiger partial charge < -0.3 is 38.6 Å². The number of aromatic hydroxyl groups is 2. The van der Waals surface area contributed by atoms with Gasteiger partial charge in [-0.3, -0.25) is 9.59 Å². The Morgan fingerprint density at radius 3 is 2.56 bits per heavy atom. The number of hydrogen-bond acceptors (Lipinski definition) is 9. The molecule has 3 aromatic carbocycles. The number of pyridine rings is 1. The van der Waals surface area contributed by atoms with Crippen molar-refractivity contribution in [3.05, 3.63) is 66.7 Å². The SMILES string of the molecule is COc1c(Cl)ccc2c(=O)c3c(O)c4c5c(c3oc12)OCOC5C(OC)c1cc2cc(C)[nH]c(=O)c2c(O)c1-4. The molecule has 2 atom stereocenters. The molecule has 198 valence electrons. The van der Waals surface area contributed by atoms with Crippen molar-refractivity contribution in [2.24, 2.45) is 0 Å². The van der Waals surface area contributed by atoms with Crippen molar-refractivity contribution in [2.75, 3.05) is 21.0 Å². The molecule has 0 saturated heterocycles. The number of phenolic OH excluding ortho intramolecular Hbond substituents is 2. The third-order valence-corrected chi connectivity index (χ3v) is 7.76. The molecular formula is C28H20ClNO9. The number of halogens is 1. The fraction of sp³-hybridized carbons (Fsp3) is 0.214. The predicted molar refractivity (Wildman–Crippen MR) is 142 cm³/mol. The monoisotopic (exact) mass is 549 g/mol. The Bertz CT molecular complexity index is 2030. The van der Waals surface area contributed by atoms with Crippen molar-refractivity contribution in [3.8, 4) is 34.1 Å². The van der Waals surface area contributed by atoms with Crippen LogP contribution in [0.4, 0.5) is 0 Å². The lowest BCUT2D eigenvalue weighted by atomic mass is 9.78. The molecule has 0 fully saturated rings. The van der Waals surface area contributed by atoms with Crippen molar-refractivity contribution in [2.45, 2.75) is 19.1 Å². The number of fused-ring (bicyclic) bond motifs is 6. The molecule has 11 heteroatoms. The van der Waals surface area contributed by atoms with E-state index < -0.39 is 28.9 Å². The molecule has 1 aliphatic heterocycles. The first kappa shape index (κ1) is 23.8. The van der Waals surface area contributed by atoms with Crippen LogP contribution in [0.1, 0.15) is 29.0 Å². The maximum atomic E-state index is 13.8. The molecular weight excluding hydrogens is 530 g/mol. The normalized spacial score (nSPS) is 17.7. The van der Waals surface area contributed by atoms with Crippen LogP contribution < -0.4 is 20.5 Å². The summed E-state index contributed by atoms with van der Waals surface area (Å²) < 4.78 is 29.2. The molecule has 5 aromatic rings. The van der Waals surface area contributed by atoms with Crippen molar-refractivity contribution < 1.29 is 33.6 Å². The van der Waals surface area contributed by atoms with Crippen LogP contribution in [0, 0.1) is 6.92 Å². The standard InChI is InChI=1S/C28H20ClNO9/c1-9-6-10-7-12-15(20(32)14(10)28(34)30-9)16-17-25(22(12)35-2)37-8-38-26(17)27-18(21(16)33)19(31)11-4-5-13(29)24(36-3)23(11)39-27/h4-7,22,25,32-33H,8H2,1-3H3,(H,30,34). The van der Waals surface area contributed by atoms with Gasteiger partial charge in [0.05, 0.1) is 22.9 Å². The van der Waals surface area contributed by atoms with Gasteiger partial charge in [-0.05, 0) is 42.1 Å². The van der Waals surface area contributed by atoms with Crippen molar-refractivity contribution in [3.63, 3.8) is 0 Å². The van der Waals surface area contributed by atoms with E-state index in [9.17, 15) is 19.8 Å². The van der Waals surface area contributed by atoms with Crippen LogP contribution in [0.3, 0.4) is 0 Å². The van der Waals surface area contributed by atoms with Gasteiger partial charge in [0, 0.05) is 29.5 Å². The number of rotatable bonds is 2. The Labute approximate surface area is 223 Å². The van der Waals surface area contributed by atoms with E-state index in [0.717, 1.165) is 0 Å². The fourth-order valence-electron chi connectivity index (χ4n) is 5.89. The topological polar surface area (TPSA) is 140 Å². The summed E-state index contributed by atoms with van der Waals surface area (Å²) in [5.74, 6) is -0.535. The summed E-state index contributed by atoms with van der Waals surface area (Å²) in [4.78, 5) is 29.4. The highest BCUT2D eigenvalue weighted by Crippen LogP contribution is 2.60. The minimum absolute atomic E-state index is 0.0310. The molecule has 0 spiro atoms. The Kier molecular flexibility index (Phi) is 4.97. The van der Waals surface area contributed by atoms with Gasteiger partial charge >= 0.3 is 0 Å². The van der Waals surface area contributed by atoms with E-state index in [2.05, 4.69) is 4.98 Å². The van der Waals surface area contributed by atoms with Crippen molar-refractivity contribution >= 4 is 44.3 Å². The number of aromatic amines is 1. The summed E-state index contributed by atoms with van der Waals surface area (Å²) in [5.41, 5.74) is 0.611. The van der Waals surface area contributed by atoms with E-state index in [0.29, 0.717) is 22.2 Å². The van der Waals surface area contributed by atoms with Gasteiger partial charge in [-0.15, -0.1) is 0 Å². The van der Waals surface area contributed by atoms with Crippen LogP contribution in [0.2, 0.25) is 5.02 Å². The number of phenols is 2. The number of methoxy groups -OCH3 is 2. The highest BCUT2D eigenvalue weighted by Gasteiger charge is 2.45. The average Bonchev–Trinajstić information content (AvgIpc) is 2.90. The van der Waals surface area contributed by atoms with Gasteiger partial charge in [0.2, 0.25) is 5.43 Å². The first-order valence-corrected chi connectivity index (χ1v) is 12.3. The van der Waals surface area contributed by atoms with Crippen LogP contribution in [-0.4, -0.2) is 36.2 Å². The van der Waals surface area contributed by atoms with Crippen molar-refractivity contribution in [1.82, 2.24) is 4.98 Å². The van der Waals surface area contributed by atoms with Gasteiger partial charge in [-0.1, -0.05) is 11.6 Å². The number of hydrogen-bond donors (Lipinski definition) is 3. The lowest BCUT2D eigenvalue weighted by molar-refractivity contribution is -0.121. The Hall–Kier alpha value is -4.25. The minimum Gasteiger partial charge on any atom is -0.506 e. The summed E-state index contributed by atoms with van der Waals surface area (Å²) in [6, 6.07) is 6.43. The van der Waals surface area contributed by atoms with Gasteiger partial charge in [-0.2, -0.15) is 0 Å². The molecule has 0 amide bonds. The number of benzene rings is 3. The first-order valence-electron chi connectivity index (χ1n) is 12.0. The highest BCUT2D eigenvalue weighted by atomic mass is 35.5. The molecule has 2 aliphatic rings. The minimum atomic E-state index is -0.793. The van der Waals surface area contributed by atoms with E-state index in [1.54, 1.807) is 19.1 Å². The summed E-state index contributed by atoms with van der Waals surface area (Å²) in [7, 11) is 2.89. The zero-order chi connectivity index (χ0) is 27.3. The summed E-state index contributed by atoms with van der Waals surface area (Å²) in [6.45, 7) is 1.54. The fourth-order valence-corrected chi connectivity index (χ4v) is 6.12. The predicted octanol–water partition coefficient (Wildman–Crippen LogP) is 4.95. The number of ether oxygens (including phenoxy) is 4. The zero-order valence-corrected chi connectivity index (χ0v) is 21.6. The molecule has 0 bridgehead atoms. The molecule has 0 saturated carbocycles. The summed E-state index contributed by atoms with van der Waals surface area (Å²) in [5, 5.41) is 24.0. The van der Waals surface area contributed by atoms with E-state index in [1.165, 1.54) is 26.4 Å². The van der Waals surface area contributed by atoms with E-state index in [4.69, 9.17) is 35.0 Å². The van der Waals surface area contributed by atoms with Gasteiger partial charge in [0.15, 0.2) is 29.5 Å². The average molecular weight is 550 g/mol. The molecule has 10 nitrogen and oxygen atoms in total. The molecule has 7 rings (SSSR count). The van der Waals surface area contributed by atoms with E-state index in [-0.39, 0.29) is 67.5 Å². The van der Waals surface area contributed by atoms with Crippen LogP contribution in [0.15, 0.2) is 38.3 Å². The van der Waals surface area contributed by atoms with Gasteiger partial charge in [0.25, 0.3) is 5.56 Å². The molecule has 2 aromatic heterocycles. The Morgan fingerprint density at radius 2 is 1.82 bits per heavy atom. The lowest BCUT2D eigenvalue weighted by Gasteiger charge is -2.38. The number of aryl methyl sites for hydroxylation is 1. The molecule has 1 aliphatic carbocycles. The summed E-state index contributed by atoms with van der Waals surface area (Å²) >= 11 is 6.28. The van der Waals surface area contributed by atoms with Gasteiger partial charge in [-0.25, -0.2) is 0 Å². The second-order valence-corrected chi connectivity index (χ2v) is 9.91. The maximum absolute atomic E-state index is 13.8. The second-order valence-electron chi connectivity index (χ2n) is 9.50. The smallest absolute Gasteiger partial charge is 0.259 e. The lowest BCUT2D eigenvalue weighted by Crippen LogP contribution is -2.28. The van der Waals surface area contributed by atoms with Crippen LogP contribution in [0.5, 0.6) is 23.0 Å². The zero-order valence-electron chi connectivity index (χ0n) is 20.8. The third kappa shape index (κ3) is 2.99. The van der Waals surface area contributed by atoms with Crippen LogP contribution in [-0.2, 0) is 9.47 Å². The largest absolute Gasteiger partial charge is 0.506 e. The third-order valence-electron chi connectivity index (χ3n) is 7.46. The number of aromatic nitrogens is 1. The Morgan fingerprint density at radius 1 is 1.05 bits per heavy atom. The molecule has 3 heterocycles. The summed E-state index contributed by atoms with van der Waals surface area (Å²) in [6.07, 6.45) is -1.54. The molecule has 2 unspecified atom stereocenters. The van der Waals surface area contributed by atoms with Gasteiger partial charge in [0.1, 0.15) is 29.1 Å². The molecule has 39 heavy (non-hydrogen) atoms. The Balaban J connectivity index is 1.71. The first-order chi connectivity index (χ1) is 18.8. The molecule has 3 N–H and O–H groups in total. The van der Waals surface area contributed by atoms with E-state index >= 15 is 0 Å². The number of H-pyrrole nitrogens is 1. The highest BCUT2D eigenvalue weighted by molar-refractivity contribution is 6.33. The maximum Gasteiger partial charge on any atom is 0.259 e. The number of nitrogens with one attached hydrogen (secondary N) is 1. The quantitative estimate of drug-likeness (QED) is 0.261. The second kappa shape index (κ2) is 8.12.